The number of benzene rings is 1. The van der Waals surface area contributed by atoms with Crippen molar-refractivity contribution >= 4 is 29.7 Å². The van der Waals surface area contributed by atoms with E-state index in [0.29, 0.717) is 18.5 Å². The van der Waals surface area contributed by atoms with Crippen LogP contribution in [0.15, 0.2) is 66.2 Å². The number of anilines is 1. The van der Waals surface area contributed by atoms with Crippen molar-refractivity contribution in [3.63, 3.8) is 0 Å². The van der Waals surface area contributed by atoms with E-state index in [1.165, 1.54) is 11.1 Å². The maximum Gasteiger partial charge on any atom is 0.311 e. The van der Waals surface area contributed by atoms with Crippen LogP contribution in [0.2, 0.25) is 0 Å². The van der Waals surface area contributed by atoms with Crippen molar-refractivity contribution in [3.8, 4) is 12.8 Å². The number of aryl methyl sites for hydroxylation is 1. The smallest absolute Gasteiger partial charge is 0.311 e. The monoisotopic (exact) mass is 535 g/mol. The van der Waals surface area contributed by atoms with Gasteiger partial charge in [0.1, 0.15) is 0 Å². The van der Waals surface area contributed by atoms with E-state index >= 15 is 0 Å². The molecule has 1 unspecified atom stereocenters. The zero-order valence-electron chi connectivity index (χ0n) is 24.3. The normalized spacial score (nSPS) is 15.0. The van der Waals surface area contributed by atoms with Crippen molar-refractivity contribution in [1.82, 2.24) is 5.32 Å². The molecule has 0 radical (unpaired) electrons. The largest absolute Gasteiger partial charge is 0.481 e. The topological polar surface area (TPSA) is 99.1 Å². The molecule has 0 saturated heterocycles. The Bertz CT molecular complexity index is 1040. The molecule has 0 aromatic heterocycles. The summed E-state index contributed by atoms with van der Waals surface area (Å²) in [5.41, 5.74) is 0.406. The fourth-order valence-corrected chi connectivity index (χ4v) is 4.21. The molecule has 7 nitrogen and oxygen atoms in total. The lowest BCUT2D eigenvalue weighted by molar-refractivity contribution is -0.157. The Balaban J connectivity index is 0.00000220. The summed E-state index contributed by atoms with van der Waals surface area (Å²) < 4.78 is 0. The number of carbonyl (C=O) groups is 3. The molecule has 1 aromatic rings. The quantitative estimate of drug-likeness (QED) is 0.207. The highest BCUT2D eigenvalue weighted by Crippen LogP contribution is 2.44. The Hall–Kier alpha value is -3.92. The van der Waals surface area contributed by atoms with Crippen LogP contribution in [0.5, 0.6) is 0 Å². The zero-order valence-corrected chi connectivity index (χ0v) is 24.3. The average molecular weight is 536 g/mol. The van der Waals surface area contributed by atoms with Gasteiger partial charge < -0.3 is 15.3 Å². The Kier molecular flexibility index (Phi) is 16.5. The standard InChI is InChI=1S/C26H35N3O4.C4H8.C2H2/c1-6-7-16-27-22(24(31)29(5)21-13-9-8-12-19(21)4)28-23(30)20(17-18(2)3)26(25(32)33)14-10-11-15-26;1-3-4-2;1-2/h6,8-13,16,18,20,22H,1,7,14-15,17H2,2-5H3,(H,28,30)(H,32,33);3-4H,1-2H3;1-2H/b27-16+;4-3-;/t20-,22?;;/m0../s1. The molecule has 0 aliphatic heterocycles. The molecule has 1 aromatic carbocycles. The Morgan fingerprint density at radius 2 is 1.72 bits per heavy atom. The number of carboxylic acid groups (broad SMARTS) is 1. The average Bonchev–Trinajstić information content (AvgIpc) is 3.43. The minimum atomic E-state index is -1.21. The van der Waals surface area contributed by atoms with E-state index in [0.717, 1.165) is 5.56 Å². The van der Waals surface area contributed by atoms with E-state index in [2.05, 4.69) is 29.7 Å². The number of carbonyl (C=O) groups excluding carboxylic acids is 2. The first-order valence-corrected chi connectivity index (χ1v) is 13.1. The molecule has 0 bridgehead atoms. The van der Waals surface area contributed by atoms with Crippen LogP contribution in [-0.4, -0.2) is 42.3 Å². The van der Waals surface area contributed by atoms with Crippen molar-refractivity contribution in [2.24, 2.45) is 22.2 Å². The van der Waals surface area contributed by atoms with Gasteiger partial charge in [-0.3, -0.25) is 19.4 Å². The number of para-hydroxylation sites is 1. The number of amides is 2. The highest BCUT2D eigenvalue weighted by atomic mass is 16.4. The number of nitrogens with one attached hydrogen (secondary N) is 1. The molecule has 1 aliphatic rings. The number of hydrogen-bond acceptors (Lipinski definition) is 4. The lowest BCUT2D eigenvalue weighted by Gasteiger charge is -2.34. The minimum Gasteiger partial charge on any atom is -0.481 e. The molecule has 1 aliphatic carbocycles. The van der Waals surface area contributed by atoms with E-state index < -0.39 is 35.3 Å². The Labute approximate surface area is 234 Å². The summed E-state index contributed by atoms with van der Waals surface area (Å²) in [7, 11) is 1.64. The highest BCUT2D eigenvalue weighted by Gasteiger charge is 2.50. The van der Waals surface area contributed by atoms with Crippen LogP contribution in [0.1, 0.15) is 58.9 Å². The van der Waals surface area contributed by atoms with Gasteiger partial charge in [-0.1, -0.05) is 62.4 Å². The van der Waals surface area contributed by atoms with Gasteiger partial charge in [-0.2, -0.15) is 0 Å². The van der Waals surface area contributed by atoms with Crippen LogP contribution < -0.4 is 10.2 Å². The molecule has 0 fully saturated rings. The summed E-state index contributed by atoms with van der Waals surface area (Å²) in [4.78, 5) is 44.9. The molecule has 0 saturated carbocycles. The third-order valence-corrected chi connectivity index (χ3v) is 6.43. The van der Waals surface area contributed by atoms with Gasteiger partial charge in [-0.05, 0) is 57.6 Å². The summed E-state index contributed by atoms with van der Waals surface area (Å²) in [5, 5.41) is 12.8. The van der Waals surface area contributed by atoms with E-state index in [1.54, 1.807) is 13.1 Å². The van der Waals surface area contributed by atoms with E-state index in [-0.39, 0.29) is 18.8 Å². The molecular formula is C32H45N3O4. The molecule has 7 heteroatoms. The Morgan fingerprint density at radius 3 is 2.18 bits per heavy atom. The highest BCUT2D eigenvalue weighted by molar-refractivity contribution is 6.00. The SMILES string of the molecule is C#C.C/C=C\C.C=CC/C=N/C(NC(=O)[C@H](CC(C)C)C1(C(=O)O)CC=CC1)C(=O)N(C)c1ccccc1C. The second-order valence-electron chi connectivity index (χ2n) is 9.64. The van der Waals surface area contributed by atoms with Crippen molar-refractivity contribution < 1.29 is 19.5 Å². The van der Waals surface area contributed by atoms with E-state index in [1.807, 2.05) is 83.2 Å². The van der Waals surface area contributed by atoms with Crippen molar-refractivity contribution in [3.05, 3.63) is 66.8 Å². The first kappa shape index (κ1) is 35.1. The number of aliphatic carboxylic acids is 1. The van der Waals surface area contributed by atoms with Gasteiger partial charge in [0.2, 0.25) is 12.1 Å². The molecule has 39 heavy (non-hydrogen) atoms. The fraction of sp³-hybridized carbons (Fsp3) is 0.438. The van der Waals surface area contributed by atoms with Gasteiger partial charge in [0, 0.05) is 25.4 Å². The van der Waals surface area contributed by atoms with Gasteiger partial charge >= 0.3 is 5.97 Å². The molecule has 0 spiro atoms. The molecular weight excluding hydrogens is 490 g/mol. The molecule has 2 atom stereocenters. The molecule has 212 valence electrons. The molecule has 2 rings (SSSR count). The number of terminal acetylenes is 1. The van der Waals surface area contributed by atoms with E-state index in [9.17, 15) is 19.5 Å². The number of likely N-dealkylation sites (N-methyl/N-ethyl adjacent to an activating group) is 1. The zero-order chi connectivity index (χ0) is 30.0. The van der Waals surface area contributed by atoms with Crippen LogP contribution in [0.4, 0.5) is 5.69 Å². The van der Waals surface area contributed by atoms with Crippen LogP contribution in [0.3, 0.4) is 0 Å². The number of allylic oxidation sites excluding steroid dienone is 5. The summed E-state index contributed by atoms with van der Waals surface area (Å²) in [6.45, 7) is 13.5. The summed E-state index contributed by atoms with van der Waals surface area (Å²) in [6, 6.07) is 7.44. The fourth-order valence-electron chi connectivity index (χ4n) is 4.21. The third kappa shape index (κ3) is 10.4. The first-order chi connectivity index (χ1) is 18.5. The van der Waals surface area contributed by atoms with E-state index in [4.69, 9.17) is 0 Å². The van der Waals surface area contributed by atoms with Crippen LogP contribution in [0, 0.1) is 37.0 Å². The van der Waals surface area contributed by atoms with Crippen LogP contribution >= 0.6 is 0 Å². The van der Waals surface area contributed by atoms with Gasteiger partial charge in [-0.25, -0.2) is 0 Å². The number of nitrogens with zero attached hydrogens (tertiary/aromatic N) is 2. The van der Waals surface area contributed by atoms with Gasteiger partial charge in [0.25, 0.3) is 5.91 Å². The lowest BCUT2D eigenvalue weighted by Crippen LogP contribution is -2.52. The predicted molar refractivity (Wildman–Crippen MR) is 162 cm³/mol. The molecule has 0 heterocycles. The number of carboxylic acids is 1. The number of rotatable bonds is 11. The Morgan fingerprint density at radius 1 is 1.15 bits per heavy atom. The summed E-state index contributed by atoms with van der Waals surface area (Å²) in [5.74, 6) is -2.56. The first-order valence-electron chi connectivity index (χ1n) is 13.1. The van der Waals surface area contributed by atoms with Crippen LogP contribution in [-0.2, 0) is 14.4 Å². The van der Waals surface area contributed by atoms with Crippen molar-refractivity contribution in [2.75, 3.05) is 11.9 Å². The summed E-state index contributed by atoms with van der Waals surface area (Å²) in [6.07, 6.45) is 19.0. The molecule has 2 amide bonds. The second kappa shape index (κ2) is 18.4. The maximum absolute atomic E-state index is 13.5. The lowest BCUT2D eigenvalue weighted by atomic mass is 9.69. The predicted octanol–water partition coefficient (Wildman–Crippen LogP) is 5.96. The number of hydrogen-bond donors (Lipinski definition) is 2. The molecule has 2 N–H and O–H groups in total. The van der Waals surface area contributed by atoms with Crippen molar-refractivity contribution in [1.29, 1.82) is 0 Å². The minimum absolute atomic E-state index is 0.102. The van der Waals surface area contributed by atoms with Gasteiger partial charge in [0.15, 0.2) is 0 Å². The van der Waals surface area contributed by atoms with Gasteiger partial charge in [-0.15, -0.1) is 19.4 Å². The number of aliphatic imine (C=N–C) groups is 1. The summed E-state index contributed by atoms with van der Waals surface area (Å²) >= 11 is 0. The van der Waals surface area contributed by atoms with Crippen molar-refractivity contribution in [2.45, 2.75) is 66.5 Å². The second-order valence-corrected chi connectivity index (χ2v) is 9.64. The van der Waals surface area contributed by atoms with Crippen LogP contribution in [0.25, 0.3) is 0 Å². The van der Waals surface area contributed by atoms with Gasteiger partial charge in [0.05, 0.1) is 11.3 Å². The maximum atomic E-state index is 13.5. The third-order valence-electron chi connectivity index (χ3n) is 6.43.